The molecule has 0 radical (unpaired) electrons. The zero-order chi connectivity index (χ0) is 11.1. The Morgan fingerprint density at radius 1 is 1.33 bits per heavy atom. The van der Waals surface area contributed by atoms with Crippen molar-refractivity contribution in [2.24, 2.45) is 0 Å². The topological polar surface area (TPSA) is 45.5 Å². The van der Waals surface area contributed by atoms with Crippen molar-refractivity contribution < 1.29 is 14.2 Å². The summed E-state index contributed by atoms with van der Waals surface area (Å²) in [5, 5.41) is 4.34. The highest BCUT2D eigenvalue weighted by molar-refractivity contribution is 5.00. The molecule has 0 aromatic carbocycles. The van der Waals surface area contributed by atoms with Crippen LogP contribution in [-0.2, 0) is 20.8 Å². The van der Waals surface area contributed by atoms with Gasteiger partial charge in [-0.15, -0.1) is 0 Å². The molecule has 0 spiro atoms. The number of hydrogen-bond donors (Lipinski definition) is 0. The van der Waals surface area contributed by atoms with Crippen LogP contribution in [0.4, 0.5) is 0 Å². The predicted molar refractivity (Wildman–Crippen MR) is 55.5 cm³/mol. The number of methoxy groups -OCH3 is 3. The number of aryl methyl sites for hydroxylation is 1. The molecule has 0 unspecified atom stereocenters. The lowest BCUT2D eigenvalue weighted by Gasteiger charge is -2.09. The SMILES string of the molecule is COCCCn1ccc(C(OC)OC)n1. The smallest absolute Gasteiger partial charge is 0.202 e. The summed E-state index contributed by atoms with van der Waals surface area (Å²) in [6.45, 7) is 1.58. The number of ether oxygens (including phenoxy) is 3. The summed E-state index contributed by atoms with van der Waals surface area (Å²) in [6.07, 6.45) is 2.48. The average molecular weight is 214 g/mol. The molecule has 0 atom stereocenters. The van der Waals surface area contributed by atoms with E-state index in [1.807, 2.05) is 16.9 Å². The molecule has 0 fully saturated rings. The highest BCUT2D eigenvalue weighted by Gasteiger charge is 2.11. The van der Waals surface area contributed by atoms with Crippen LogP contribution in [0.25, 0.3) is 0 Å². The van der Waals surface area contributed by atoms with Gasteiger partial charge in [0.25, 0.3) is 0 Å². The molecule has 0 aliphatic carbocycles. The molecule has 5 nitrogen and oxygen atoms in total. The van der Waals surface area contributed by atoms with E-state index in [4.69, 9.17) is 14.2 Å². The van der Waals surface area contributed by atoms with Crippen LogP contribution in [0.2, 0.25) is 0 Å². The van der Waals surface area contributed by atoms with E-state index in [0.717, 1.165) is 25.3 Å². The minimum Gasteiger partial charge on any atom is -0.385 e. The number of nitrogens with zero attached hydrogens (tertiary/aromatic N) is 2. The van der Waals surface area contributed by atoms with Crippen molar-refractivity contribution in [3.63, 3.8) is 0 Å². The van der Waals surface area contributed by atoms with Gasteiger partial charge in [0.05, 0.1) is 0 Å². The Hall–Kier alpha value is -0.910. The molecular formula is C10H18N2O3. The van der Waals surface area contributed by atoms with Crippen LogP contribution in [0.5, 0.6) is 0 Å². The van der Waals surface area contributed by atoms with Crippen molar-refractivity contribution in [1.29, 1.82) is 0 Å². The highest BCUT2D eigenvalue weighted by Crippen LogP contribution is 2.14. The van der Waals surface area contributed by atoms with Crippen LogP contribution in [0.3, 0.4) is 0 Å². The summed E-state index contributed by atoms with van der Waals surface area (Å²) in [5.41, 5.74) is 0.789. The Morgan fingerprint density at radius 2 is 2.07 bits per heavy atom. The van der Waals surface area contributed by atoms with Gasteiger partial charge in [-0.3, -0.25) is 4.68 Å². The van der Waals surface area contributed by atoms with Crippen LogP contribution in [-0.4, -0.2) is 37.7 Å². The van der Waals surface area contributed by atoms with E-state index in [-0.39, 0.29) is 6.29 Å². The van der Waals surface area contributed by atoms with Crippen LogP contribution in [0.15, 0.2) is 12.3 Å². The molecule has 0 saturated heterocycles. The molecule has 0 saturated carbocycles. The normalized spacial score (nSPS) is 11.2. The second-order valence-electron chi connectivity index (χ2n) is 3.15. The molecule has 1 heterocycles. The maximum Gasteiger partial charge on any atom is 0.202 e. The summed E-state index contributed by atoms with van der Waals surface area (Å²) in [5.74, 6) is 0. The molecule has 1 rings (SSSR count). The fourth-order valence-electron chi connectivity index (χ4n) is 1.34. The van der Waals surface area contributed by atoms with Crippen LogP contribution >= 0.6 is 0 Å². The Balaban J connectivity index is 2.47. The fourth-order valence-corrected chi connectivity index (χ4v) is 1.34. The molecule has 15 heavy (non-hydrogen) atoms. The molecule has 0 amide bonds. The van der Waals surface area contributed by atoms with Gasteiger partial charge in [-0.25, -0.2) is 0 Å². The Bertz CT molecular complexity index is 271. The lowest BCUT2D eigenvalue weighted by Crippen LogP contribution is -2.07. The van der Waals surface area contributed by atoms with Crippen LogP contribution in [0.1, 0.15) is 18.4 Å². The summed E-state index contributed by atoms with van der Waals surface area (Å²) in [7, 11) is 4.89. The van der Waals surface area contributed by atoms with Crippen molar-refractivity contribution in [2.75, 3.05) is 27.9 Å². The summed E-state index contributed by atoms with van der Waals surface area (Å²) in [6, 6.07) is 1.89. The standard InChI is InChI=1S/C10H18N2O3/c1-13-8-4-6-12-7-5-9(11-12)10(14-2)15-3/h5,7,10H,4,6,8H2,1-3H3. The lowest BCUT2D eigenvalue weighted by atomic mass is 10.4. The van der Waals surface area contributed by atoms with Crippen molar-refractivity contribution in [2.45, 2.75) is 19.3 Å². The summed E-state index contributed by atoms with van der Waals surface area (Å²) in [4.78, 5) is 0. The predicted octanol–water partition coefficient (Wildman–Crippen LogP) is 1.21. The van der Waals surface area contributed by atoms with E-state index in [1.54, 1.807) is 21.3 Å². The van der Waals surface area contributed by atoms with Gasteiger partial charge in [0, 0.05) is 40.7 Å². The van der Waals surface area contributed by atoms with E-state index in [0.29, 0.717) is 0 Å². The summed E-state index contributed by atoms with van der Waals surface area (Å²) < 4.78 is 17.0. The fraction of sp³-hybridized carbons (Fsp3) is 0.700. The Morgan fingerprint density at radius 3 is 2.67 bits per heavy atom. The average Bonchev–Trinajstić information content (AvgIpc) is 2.69. The minimum absolute atomic E-state index is 0.381. The van der Waals surface area contributed by atoms with E-state index in [9.17, 15) is 0 Å². The van der Waals surface area contributed by atoms with Gasteiger partial charge in [0.2, 0.25) is 6.29 Å². The van der Waals surface area contributed by atoms with Gasteiger partial charge in [-0.2, -0.15) is 5.10 Å². The molecule has 1 aromatic heterocycles. The third kappa shape index (κ3) is 3.62. The third-order valence-electron chi connectivity index (χ3n) is 2.07. The van der Waals surface area contributed by atoms with Crippen molar-refractivity contribution in [1.82, 2.24) is 9.78 Å². The van der Waals surface area contributed by atoms with Crippen LogP contribution in [0, 0.1) is 0 Å². The first-order valence-electron chi connectivity index (χ1n) is 4.89. The number of aromatic nitrogens is 2. The lowest BCUT2D eigenvalue weighted by molar-refractivity contribution is -0.108. The largest absolute Gasteiger partial charge is 0.385 e. The zero-order valence-corrected chi connectivity index (χ0v) is 9.47. The minimum atomic E-state index is -0.381. The van der Waals surface area contributed by atoms with Gasteiger partial charge >= 0.3 is 0 Å². The van der Waals surface area contributed by atoms with Gasteiger partial charge in [0.15, 0.2) is 0 Å². The number of rotatable bonds is 7. The number of hydrogen-bond acceptors (Lipinski definition) is 4. The molecule has 1 aromatic rings. The summed E-state index contributed by atoms with van der Waals surface area (Å²) >= 11 is 0. The quantitative estimate of drug-likeness (QED) is 0.505. The molecule has 0 aliphatic rings. The van der Waals surface area contributed by atoms with Gasteiger partial charge in [-0.1, -0.05) is 0 Å². The first-order valence-corrected chi connectivity index (χ1v) is 4.89. The molecule has 5 heteroatoms. The first kappa shape index (κ1) is 12.2. The van der Waals surface area contributed by atoms with E-state index in [2.05, 4.69) is 5.10 Å². The molecule has 0 bridgehead atoms. The zero-order valence-electron chi connectivity index (χ0n) is 9.47. The van der Waals surface area contributed by atoms with E-state index in [1.165, 1.54) is 0 Å². The second-order valence-corrected chi connectivity index (χ2v) is 3.15. The van der Waals surface area contributed by atoms with Crippen molar-refractivity contribution in [3.05, 3.63) is 18.0 Å². The highest BCUT2D eigenvalue weighted by atomic mass is 16.7. The monoisotopic (exact) mass is 214 g/mol. The van der Waals surface area contributed by atoms with Gasteiger partial charge < -0.3 is 14.2 Å². The Kier molecular flexibility index (Phi) is 5.31. The molecule has 0 aliphatic heterocycles. The Labute approximate surface area is 89.9 Å². The van der Waals surface area contributed by atoms with Crippen molar-refractivity contribution in [3.8, 4) is 0 Å². The first-order chi connectivity index (χ1) is 7.31. The van der Waals surface area contributed by atoms with E-state index >= 15 is 0 Å². The van der Waals surface area contributed by atoms with Crippen LogP contribution < -0.4 is 0 Å². The van der Waals surface area contributed by atoms with E-state index < -0.39 is 0 Å². The van der Waals surface area contributed by atoms with Gasteiger partial charge in [0.1, 0.15) is 5.69 Å². The third-order valence-corrected chi connectivity index (χ3v) is 2.07. The second kappa shape index (κ2) is 6.55. The molecular weight excluding hydrogens is 196 g/mol. The maximum absolute atomic E-state index is 5.10. The maximum atomic E-state index is 5.10. The van der Waals surface area contributed by atoms with Gasteiger partial charge in [-0.05, 0) is 12.5 Å². The van der Waals surface area contributed by atoms with Crippen molar-refractivity contribution >= 4 is 0 Å². The molecule has 0 N–H and O–H groups in total. The molecule has 86 valence electrons.